The number of aromatic carboxylic acids is 1. The first-order valence-corrected chi connectivity index (χ1v) is 8.92. The molecule has 1 atom stereocenters. The van der Waals surface area contributed by atoms with Gasteiger partial charge in [0.25, 0.3) is 0 Å². The zero-order valence-electron chi connectivity index (χ0n) is 16.9. The van der Waals surface area contributed by atoms with E-state index in [1.807, 2.05) is 18.9 Å². The van der Waals surface area contributed by atoms with Crippen LogP contribution < -0.4 is 15.1 Å². The van der Waals surface area contributed by atoms with Gasteiger partial charge in [0.15, 0.2) is 11.6 Å². The Labute approximate surface area is 174 Å². The van der Waals surface area contributed by atoms with Gasteiger partial charge in [0.05, 0.1) is 18.0 Å². The standard InChI is InChI=1S/C19H24FN3O4.ClH.H2O/c1-5-22-10-13(19(25)26)17(24)12-8-14(20)16(18(27-4)15(12)22)23-7-6-21(3)11(2)9-23;;/h8,10-11H,5-7,9H2,1-4H3,(H,25,26);1H;1H2. The fraction of sp³-hybridized carbons (Fsp3) is 0.474. The molecule has 0 bridgehead atoms. The molecule has 0 aliphatic carbocycles. The van der Waals surface area contributed by atoms with E-state index >= 15 is 4.39 Å². The number of benzene rings is 1. The first kappa shape index (κ1) is 24.7. The minimum atomic E-state index is -1.33. The molecule has 162 valence electrons. The summed E-state index contributed by atoms with van der Waals surface area (Å²) in [6.07, 6.45) is 1.30. The molecular formula is C19H27ClFN3O5. The highest BCUT2D eigenvalue weighted by atomic mass is 35.5. The number of fused-ring (bicyclic) bond motifs is 1. The molecule has 29 heavy (non-hydrogen) atoms. The van der Waals surface area contributed by atoms with Gasteiger partial charge in [0.1, 0.15) is 11.3 Å². The van der Waals surface area contributed by atoms with E-state index in [4.69, 9.17) is 4.74 Å². The van der Waals surface area contributed by atoms with Gasteiger partial charge in [-0.3, -0.25) is 4.79 Å². The van der Waals surface area contributed by atoms with Crippen molar-refractivity contribution in [3.63, 3.8) is 0 Å². The first-order valence-electron chi connectivity index (χ1n) is 8.92. The van der Waals surface area contributed by atoms with Crippen LogP contribution >= 0.6 is 12.4 Å². The summed E-state index contributed by atoms with van der Waals surface area (Å²) in [6, 6.07) is 1.37. The van der Waals surface area contributed by atoms with Gasteiger partial charge in [-0.15, -0.1) is 12.4 Å². The third-order valence-electron chi connectivity index (χ3n) is 5.30. The second kappa shape index (κ2) is 9.43. The minimum Gasteiger partial charge on any atom is -0.492 e. The number of carbonyl (C=O) groups is 1. The van der Waals surface area contributed by atoms with E-state index in [-0.39, 0.29) is 40.6 Å². The molecule has 10 heteroatoms. The van der Waals surface area contributed by atoms with E-state index in [0.717, 1.165) is 12.6 Å². The molecule has 1 unspecified atom stereocenters. The summed E-state index contributed by atoms with van der Waals surface area (Å²) >= 11 is 0. The van der Waals surface area contributed by atoms with E-state index in [1.54, 1.807) is 4.57 Å². The van der Waals surface area contributed by atoms with Crippen molar-refractivity contribution >= 4 is 35.0 Å². The fourth-order valence-corrected chi connectivity index (χ4v) is 3.63. The molecule has 1 aliphatic rings. The summed E-state index contributed by atoms with van der Waals surface area (Å²) in [6.45, 7) is 6.34. The number of anilines is 1. The molecule has 0 radical (unpaired) electrons. The van der Waals surface area contributed by atoms with Crippen molar-refractivity contribution in [2.75, 3.05) is 38.7 Å². The van der Waals surface area contributed by atoms with Gasteiger partial charge in [-0.25, -0.2) is 9.18 Å². The summed E-state index contributed by atoms with van der Waals surface area (Å²) in [5.74, 6) is -1.66. The van der Waals surface area contributed by atoms with E-state index < -0.39 is 17.2 Å². The number of aryl methyl sites for hydroxylation is 1. The summed E-state index contributed by atoms with van der Waals surface area (Å²) in [4.78, 5) is 28.1. The first-order chi connectivity index (χ1) is 12.8. The fourth-order valence-electron chi connectivity index (χ4n) is 3.63. The van der Waals surface area contributed by atoms with Crippen LogP contribution in [0.3, 0.4) is 0 Å². The van der Waals surface area contributed by atoms with Crippen molar-refractivity contribution in [1.29, 1.82) is 0 Å². The molecule has 1 aromatic carbocycles. The number of methoxy groups -OCH3 is 1. The quantitative estimate of drug-likeness (QED) is 0.788. The lowest BCUT2D eigenvalue weighted by molar-refractivity contribution is 0.0695. The number of likely N-dealkylation sites (N-methyl/N-ethyl adjacent to an activating group) is 1. The number of halogens is 2. The Morgan fingerprint density at radius 1 is 1.38 bits per heavy atom. The predicted octanol–water partition coefficient (Wildman–Crippen LogP) is 1.60. The molecule has 8 nitrogen and oxygen atoms in total. The maximum atomic E-state index is 15.1. The molecular weight excluding hydrogens is 405 g/mol. The Hall–Kier alpha value is -2.36. The number of rotatable bonds is 4. The SMILES string of the molecule is CCn1cc(C(=O)O)c(=O)c2cc(F)c(N3CCN(C)C(C)C3)c(OC)c21.Cl.O. The third-order valence-corrected chi connectivity index (χ3v) is 5.30. The van der Waals surface area contributed by atoms with Crippen LogP contribution in [-0.4, -0.2) is 65.9 Å². The smallest absolute Gasteiger partial charge is 0.341 e. The van der Waals surface area contributed by atoms with Crippen LogP contribution in [0.15, 0.2) is 17.1 Å². The van der Waals surface area contributed by atoms with Crippen LogP contribution in [0.25, 0.3) is 10.9 Å². The van der Waals surface area contributed by atoms with Crippen LogP contribution in [0.4, 0.5) is 10.1 Å². The van der Waals surface area contributed by atoms with Crippen LogP contribution in [-0.2, 0) is 6.54 Å². The number of aromatic nitrogens is 1. The Kier molecular flexibility index (Phi) is 8.02. The minimum absolute atomic E-state index is 0. The topological polar surface area (TPSA) is 107 Å². The number of piperazine rings is 1. The predicted molar refractivity (Wildman–Crippen MR) is 113 cm³/mol. The lowest BCUT2D eigenvalue weighted by Gasteiger charge is -2.39. The van der Waals surface area contributed by atoms with Gasteiger partial charge in [0, 0.05) is 38.4 Å². The van der Waals surface area contributed by atoms with E-state index in [9.17, 15) is 14.7 Å². The van der Waals surface area contributed by atoms with E-state index in [0.29, 0.717) is 30.8 Å². The highest BCUT2D eigenvalue weighted by Gasteiger charge is 2.29. The number of pyridine rings is 1. The second-order valence-electron chi connectivity index (χ2n) is 6.88. The summed E-state index contributed by atoms with van der Waals surface area (Å²) in [5.41, 5.74) is -0.364. The number of nitrogens with zero attached hydrogens (tertiary/aromatic N) is 3. The summed E-state index contributed by atoms with van der Waals surface area (Å²) < 4.78 is 22.3. The van der Waals surface area contributed by atoms with E-state index in [1.165, 1.54) is 13.3 Å². The Balaban J connectivity index is 0.00000210. The van der Waals surface area contributed by atoms with Crippen molar-refractivity contribution in [1.82, 2.24) is 9.47 Å². The molecule has 1 saturated heterocycles. The normalized spacial score (nSPS) is 16.9. The summed E-state index contributed by atoms with van der Waals surface area (Å²) in [7, 11) is 3.46. The average Bonchev–Trinajstić information content (AvgIpc) is 2.63. The van der Waals surface area contributed by atoms with Crippen molar-refractivity contribution in [3.8, 4) is 5.75 Å². The molecule has 2 aromatic rings. The van der Waals surface area contributed by atoms with Gasteiger partial charge in [-0.1, -0.05) is 0 Å². The second-order valence-corrected chi connectivity index (χ2v) is 6.88. The molecule has 2 heterocycles. The van der Waals surface area contributed by atoms with Crippen molar-refractivity contribution in [2.24, 2.45) is 0 Å². The van der Waals surface area contributed by atoms with Crippen molar-refractivity contribution in [2.45, 2.75) is 26.4 Å². The largest absolute Gasteiger partial charge is 0.492 e. The molecule has 1 aliphatic heterocycles. The lowest BCUT2D eigenvalue weighted by atomic mass is 10.1. The van der Waals surface area contributed by atoms with Gasteiger partial charge in [-0.05, 0) is 27.0 Å². The monoisotopic (exact) mass is 431 g/mol. The molecule has 1 aromatic heterocycles. The number of hydrogen-bond acceptors (Lipinski definition) is 5. The third kappa shape index (κ3) is 4.17. The Morgan fingerprint density at radius 3 is 2.55 bits per heavy atom. The van der Waals surface area contributed by atoms with Crippen LogP contribution in [0.1, 0.15) is 24.2 Å². The summed E-state index contributed by atoms with van der Waals surface area (Å²) in [5, 5.41) is 9.31. The maximum Gasteiger partial charge on any atom is 0.341 e. The maximum absolute atomic E-state index is 15.1. The lowest BCUT2D eigenvalue weighted by Crippen LogP contribution is -2.50. The molecule has 0 amide bonds. The van der Waals surface area contributed by atoms with Crippen molar-refractivity contribution < 1.29 is 24.5 Å². The number of hydrogen-bond donors (Lipinski definition) is 1. The number of ether oxygens (including phenoxy) is 1. The molecule has 3 rings (SSSR count). The van der Waals surface area contributed by atoms with Gasteiger partial charge < -0.3 is 29.7 Å². The van der Waals surface area contributed by atoms with Gasteiger partial charge in [-0.2, -0.15) is 0 Å². The van der Waals surface area contributed by atoms with Gasteiger partial charge >= 0.3 is 5.97 Å². The van der Waals surface area contributed by atoms with Crippen LogP contribution in [0.5, 0.6) is 5.75 Å². The van der Waals surface area contributed by atoms with Gasteiger partial charge in [0.2, 0.25) is 5.43 Å². The molecule has 1 fully saturated rings. The van der Waals surface area contributed by atoms with E-state index in [2.05, 4.69) is 11.8 Å². The highest BCUT2D eigenvalue weighted by Crippen LogP contribution is 2.38. The zero-order valence-corrected chi connectivity index (χ0v) is 17.7. The molecule has 0 saturated carbocycles. The number of carboxylic acids is 1. The Morgan fingerprint density at radius 2 is 2.03 bits per heavy atom. The van der Waals surface area contributed by atoms with Crippen LogP contribution in [0, 0.1) is 5.82 Å². The van der Waals surface area contributed by atoms with Crippen molar-refractivity contribution in [3.05, 3.63) is 33.9 Å². The zero-order chi connectivity index (χ0) is 19.9. The Bertz CT molecular complexity index is 965. The number of carboxylic acid groups (broad SMARTS) is 1. The average molecular weight is 432 g/mol. The molecule has 0 spiro atoms. The highest BCUT2D eigenvalue weighted by molar-refractivity contribution is 5.97. The van der Waals surface area contributed by atoms with Crippen LogP contribution in [0.2, 0.25) is 0 Å². The molecule has 3 N–H and O–H groups in total.